The topological polar surface area (TPSA) is 42.7 Å². The number of aromatic nitrogens is 3. The van der Waals surface area contributed by atoms with Gasteiger partial charge in [-0.2, -0.15) is 0 Å². The van der Waals surface area contributed by atoms with Gasteiger partial charge in [0.05, 0.1) is 6.54 Å². The van der Waals surface area contributed by atoms with Crippen molar-refractivity contribution in [2.45, 2.75) is 33.2 Å². The second-order valence-electron chi connectivity index (χ2n) is 4.98. The molecule has 0 radical (unpaired) electrons. The highest BCUT2D eigenvalue weighted by Crippen LogP contribution is 2.51. The molecule has 15 heavy (non-hydrogen) atoms. The molecule has 0 spiro atoms. The number of hydrogen-bond acceptors (Lipinski definition) is 3. The van der Waals surface area contributed by atoms with Gasteiger partial charge in [-0.25, -0.2) is 0 Å². The van der Waals surface area contributed by atoms with E-state index in [0.717, 1.165) is 24.8 Å². The standard InChI is InChI=1S/C11H20N4/c1-9(2)11(4-5-11)7-12-6-10-14-13-8-15(10)3/h8-9,12H,4-7H2,1-3H3. The Balaban J connectivity index is 1.78. The zero-order valence-corrected chi connectivity index (χ0v) is 9.82. The Morgan fingerprint density at radius 3 is 2.73 bits per heavy atom. The predicted octanol–water partition coefficient (Wildman–Crippen LogP) is 1.34. The summed E-state index contributed by atoms with van der Waals surface area (Å²) in [5.74, 6) is 1.79. The second-order valence-corrected chi connectivity index (χ2v) is 4.98. The lowest BCUT2D eigenvalue weighted by Gasteiger charge is -2.19. The first-order chi connectivity index (χ1) is 7.14. The largest absolute Gasteiger partial charge is 0.320 e. The van der Waals surface area contributed by atoms with Crippen LogP contribution in [0.4, 0.5) is 0 Å². The van der Waals surface area contributed by atoms with Crippen molar-refractivity contribution in [3.63, 3.8) is 0 Å². The monoisotopic (exact) mass is 208 g/mol. The summed E-state index contributed by atoms with van der Waals surface area (Å²) < 4.78 is 1.96. The fraction of sp³-hybridized carbons (Fsp3) is 0.818. The molecule has 1 saturated carbocycles. The van der Waals surface area contributed by atoms with Gasteiger partial charge in [0.1, 0.15) is 12.2 Å². The van der Waals surface area contributed by atoms with Crippen molar-refractivity contribution >= 4 is 0 Å². The van der Waals surface area contributed by atoms with Crippen molar-refractivity contribution in [1.29, 1.82) is 0 Å². The summed E-state index contributed by atoms with van der Waals surface area (Å²) in [6.07, 6.45) is 4.49. The SMILES string of the molecule is CC(C)C1(CNCc2nncn2C)CC1. The Labute approximate surface area is 91.1 Å². The molecule has 4 nitrogen and oxygen atoms in total. The number of aryl methyl sites for hydroxylation is 1. The van der Waals surface area contributed by atoms with Gasteiger partial charge in [-0.3, -0.25) is 0 Å². The fourth-order valence-corrected chi connectivity index (χ4v) is 2.01. The minimum absolute atomic E-state index is 0.568. The van der Waals surface area contributed by atoms with E-state index < -0.39 is 0 Å². The first-order valence-corrected chi connectivity index (χ1v) is 5.68. The maximum atomic E-state index is 4.05. The van der Waals surface area contributed by atoms with Gasteiger partial charge in [-0.05, 0) is 24.2 Å². The van der Waals surface area contributed by atoms with Crippen molar-refractivity contribution in [3.8, 4) is 0 Å². The quantitative estimate of drug-likeness (QED) is 0.794. The van der Waals surface area contributed by atoms with Crippen LogP contribution >= 0.6 is 0 Å². The molecule has 0 unspecified atom stereocenters. The molecule has 1 heterocycles. The third-order valence-electron chi connectivity index (χ3n) is 3.68. The van der Waals surface area contributed by atoms with E-state index in [2.05, 4.69) is 29.4 Å². The van der Waals surface area contributed by atoms with Gasteiger partial charge >= 0.3 is 0 Å². The molecular weight excluding hydrogens is 188 g/mol. The minimum atomic E-state index is 0.568. The van der Waals surface area contributed by atoms with E-state index >= 15 is 0 Å². The molecule has 0 atom stereocenters. The van der Waals surface area contributed by atoms with Crippen molar-refractivity contribution in [1.82, 2.24) is 20.1 Å². The van der Waals surface area contributed by atoms with Crippen LogP contribution in [0.25, 0.3) is 0 Å². The van der Waals surface area contributed by atoms with E-state index in [0.29, 0.717) is 5.41 Å². The van der Waals surface area contributed by atoms with E-state index in [-0.39, 0.29) is 0 Å². The van der Waals surface area contributed by atoms with Gasteiger partial charge < -0.3 is 9.88 Å². The maximum Gasteiger partial charge on any atom is 0.146 e. The summed E-state index contributed by atoms with van der Waals surface area (Å²) in [6, 6.07) is 0. The van der Waals surface area contributed by atoms with Crippen LogP contribution in [0.5, 0.6) is 0 Å². The predicted molar refractivity (Wildman–Crippen MR) is 59.2 cm³/mol. The lowest BCUT2D eigenvalue weighted by atomic mass is 9.92. The molecule has 84 valence electrons. The Bertz CT molecular complexity index is 325. The number of rotatable bonds is 5. The van der Waals surface area contributed by atoms with Crippen LogP contribution in [-0.2, 0) is 13.6 Å². The maximum absolute atomic E-state index is 4.05. The Hall–Kier alpha value is -0.900. The zero-order valence-electron chi connectivity index (χ0n) is 9.82. The van der Waals surface area contributed by atoms with E-state index in [1.165, 1.54) is 12.8 Å². The lowest BCUT2D eigenvalue weighted by Crippen LogP contribution is -2.28. The van der Waals surface area contributed by atoms with Gasteiger partial charge in [-0.1, -0.05) is 13.8 Å². The summed E-state index contributed by atoms with van der Waals surface area (Å²) in [4.78, 5) is 0. The van der Waals surface area contributed by atoms with Crippen LogP contribution in [0, 0.1) is 11.3 Å². The van der Waals surface area contributed by atoms with Gasteiger partial charge in [0.15, 0.2) is 0 Å². The molecule has 0 bridgehead atoms. The number of nitrogens with zero attached hydrogens (tertiary/aromatic N) is 3. The van der Waals surface area contributed by atoms with Crippen LogP contribution in [0.2, 0.25) is 0 Å². The second kappa shape index (κ2) is 3.93. The fourth-order valence-electron chi connectivity index (χ4n) is 2.01. The van der Waals surface area contributed by atoms with Gasteiger partial charge in [0.2, 0.25) is 0 Å². The van der Waals surface area contributed by atoms with Crippen LogP contribution < -0.4 is 5.32 Å². The van der Waals surface area contributed by atoms with Crippen LogP contribution in [0.1, 0.15) is 32.5 Å². The molecule has 1 aromatic rings. The molecule has 0 aromatic carbocycles. The highest BCUT2D eigenvalue weighted by molar-refractivity contribution is 4.97. The molecule has 1 aliphatic rings. The first-order valence-electron chi connectivity index (χ1n) is 5.68. The third-order valence-corrected chi connectivity index (χ3v) is 3.68. The number of nitrogens with one attached hydrogen (secondary N) is 1. The van der Waals surface area contributed by atoms with Crippen molar-refractivity contribution in [2.24, 2.45) is 18.4 Å². The Morgan fingerprint density at radius 1 is 1.53 bits per heavy atom. The Morgan fingerprint density at radius 2 is 2.27 bits per heavy atom. The molecule has 0 aliphatic heterocycles. The highest BCUT2D eigenvalue weighted by Gasteiger charge is 2.44. The van der Waals surface area contributed by atoms with Gasteiger partial charge in [0.25, 0.3) is 0 Å². The Kier molecular flexibility index (Phi) is 2.78. The average Bonchev–Trinajstić information content (AvgIpc) is 2.87. The van der Waals surface area contributed by atoms with E-state index in [4.69, 9.17) is 0 Å². The van der Waals surface area contributed by atoms with Gasteiger partial charge in [0, 0.05) is 13.6 Å². The van der Waals surface area contributed by atoms with Crippen molar-refractivity contribution < 1.29 is 0 Å². The van der Waals surface area contributed by atoms with Crippen LogP contribution in [0.15, 0.2) is 6.33 Å². The summed E-state index contributed by atoms with van der Waals surface area (Å²) in [5, 5.41) is 11.4. The third kappa shape index (κ3) is 2.20. The average molecular weight is 208 g/mol. The number of hydrogen-bond donors (Lipinski definition) is 1. The summed E-state index contributed by atoms with van der Waals surface area (Å²) in [5.41, 5.74) is 0.568. The van der Waals surface area contributed by atoms with E-state index in [1.807, 2.05) is 11.6 Å². The first kappa shape index (κ1) is 10.6. The molecule has 1 aromatic heterocycles. The summed E-state index contributed by atoms with van der Waals surface area (Å²) >= 11 is 0. The highest BCUT2D eigenvalue weighted by atomic mass is 15.3. The van der Waals surface area contributed by atoms with E-state index in [9.17, 15) is 0 Å². The smallest absolute Gasteiger partial charge is 0.146 e. The minimum Gasteiger partial charge on any atom is -0.320 e. The van der Waals surface area contributed by atoms with E-state index in [1.54, 1.807) is 6.33 Å². The molecule has 1 N–H and O–H groups in total. The normalized spacial score (nSPS) is 18.4. The lowest BCUT2D eigenvalue weighted by molar-refractivity contribution is 0.335. The van der Waals surface area contributed by atoms with Crippen LogP contribution in [0.3, 0.4) is 0 Å². The van der Waals surface area contributed by atoms with Crippen molar-refractivity contribution in [3.05, 3.63) is 12.2 Å². The van der Waals surface area contributed by atoms with Crippen LogP contribution in [-0.4, -0.2) is 21.3 Å². The molecule has 1 aliphatic carbocycles. The van der Waals surface area contributed by atoms with Gasteiger partial charge in [-0.15, -0.1) is 10.2 Å². The van der Waals surface area contributed by atoms with Crippen molar-refractivity contribution in [2.75, 3.05) is 6.54 Å². The summed E-state index contributed by atoms with van der Waals surface area (Å²) in [7, 11) is 1.98. The molecule has 1 fully saturated rings. The summed E-state index contributed by atoms with van der Waals surface area (Å²) in [6.45, 7) is 6.57. The molecule has 0 amide bonds. The molecular formula is C11H20N4. The molecule has 2 rings (SSSR count). The zero-order chi connectivity index (χ0) is 10.9. The molecule has 4 heteroatoms. The molecule has 0 saturated heterocycles.